The Hall–Kier alpha value is -2.83. The highest BCUT2D eigenvalue weighted by atomic mass is 16.6. The normalized spacial score (nSPS) is 13.7. The first-order valence-corrected chi connectivity index (χ1v) is 13.8. The molecule has 0 aromatic heterocycles. The van der Waals surface area contributed by atoms with Crippen LogP contribution >= 0.6 is 0 Å². The fraction of sp³-hybridized carbons (Fsp3) is 0.633. The lowest BCUT2D eigenvalue weighted by Crippen LogP contribution is -2.55. The maximum absolute atomic E-state index is 14.2. The maximum Gasteiger partial charge on any atom is 0.408 e. The van der Waals surface area contributed by atoms with Gasteiger partial charge >= 0.3 is 6.09 Å². The number of carbonyl (C=O) groups is 3. The molecule has 208 valence electrons. The summed E-state index contributed by atoms with van der Waals surface area (Å²) in [6.45, 7) is 18.2. The van der Waals surface area contributed by atoms with Gasteiger partial charge in [-0.15, -0.1) is 0 Å². The Morgan fingerprint density at radius 1 is 1.08 bits per heavy atom. The number of unbranched alkanes of at least 4 members (excludes halogenated alkanes) is 3. The van der Waals surface area contributed by atoms with Crippen LogP contribution in [0.15, 0.2) is 30.8 Å². The van der Waals surface area contributed by atoms with Crippen molar-refractivity contribution in [3.63, 3.8) is 0 Å². The maximum atomic E-state index is 14.2. The zero-order chi connectivity index (χ0) is 28.0. The predicted molar refractivity (Wildman–Crippen MR) is 151 cm³/mol. The Bertz CT molecular complexity index is 878. The summed E-state index contributed by atoms with van der Waals surface area (Å²) in [4.78, 5) is 42.1. The second-order valence-corrected chi connectivity index (χ2v) is 10.7. The Labute approximate surface area is 224 Å². The molecule has 2 N–H and O–H groups in total. The zero-order valence-electron chi connectivity index (χ0n) is 24.1. The summed E-state index contributed by atoms with van der Waals surface area (Å²) >= 11 is 0. The number of nitrogens with zero attached hydrogens (tertiary/aromatic N) is 1. The number of alkyl carbamates (subject to hydrolysis) is 1. The van der Waals surface area contributed by atoms with Crippen LogP contribution in [0.5, 0.6) is 0 Å². The molecular weight excluding hydrogens is 466 g/mol. The van der Waals surface area contributed by atoms with Gasteiger partial charge in [-0.3, -0.25) is 9.59 Å². The SMILES string of the molecule is C=Cc1cccc(C(C(=O)NCCCCC)N(CCCC)C(=O)C(NC(=O)OC(C)(C)C)C(C)CC)c1. The minimum atomic E-state index is -0.826. The van der Waals surface area contributed by atoms with Crippen molar-refractivity contribution in [1.29, 1.82) is 0 Å². The van der Waals surface area contributed by atoms with Gasteiger partial charge in [-0.1, -0.05) is 84.2 Å². The number of nitrogens with one attached hydrogen (secondary N) is 2. The Morgan fingerprint density at radius 3 is 2.32 bits per heavy atom. The van der Waals surface area contributed by atoms with Crippen LogP contribution < -0.4 is 10.6 Å². The highest BCUT2D eigenvalue weighted by molar-refractivity contribution is 5.92. The van der Waals surface area contributed by atoms with Gasteiger partial charge in [0.05, 0.1) is 0 Å². The molecule has 3 unspecified atom stereocenters. The molecule has 37 heavy (non-hydrogen) atoms. The van der Waals surface area contributed by atoms with E-state index in [9.17, 15) is 14.4 Å². The molecule has 3 amide bonds. The van der Waals surface area contributed by atoms with Gasteiger partial charge < -0.3 is 20.3 Å². The van der Waals surface area contributed by atoms with Crippen LogP contribution in [0, 0.1) is 5.92 Å². The van der Waals surface area contributed by atoms with E-state index in [2.05, 4.69) is 24.1 Å². The summed E-state index contributed by atoms with van der Waals surface area (Å²) in [6, 6.07) is 5.90. The van der Waals surface area contributed by atoms with Gasteiger partial charge in [-0.2, -0.15) is 0 Å². The Morgan fingerprint density at radius 2 is 1.76 bits per heavy atom. The first-order valence-electron chi connectivity index (χ1n) is 13.8. The third-order valence-electron chi connectivity index (χ3n) is 6.29. The van der Waals surface area contributed by atoms with E-state index in [0.29, 0.717) is 19.5 Å². The molecule has 3 atom stereocenters. The average molecular weight is 516 g/mol. The smallest absolute Gasteiger partial charge is 0.408 e. The number of ether oxygens (including phenoxy) is 1. The molecule has 0 bridgehead atoms. The molecule has 0 aliphatic rings. The molecule has 0 heterocycles. The molecule has 0 aliphatic heterocycles. The lowest BCUT2D eigenvalue weighted by molar-refractivity contribution is -0.143. The van der Waals surface area contributed by atoms with E-state index in [1.165, 1.54) is 0 Å². The van der Waals surface area contributed by atoms with E-state index >= 15 is 0 Å². The molecule has 0 fully saturated rings. The monoisotopic (exact) mass is 515 g/mol. The molecule has 0 aliphatic carbocycles. The van der Waals surface area contributed by atoms with Crippen LogP contribution in [0.25, 0.3) is 6.08 Å². The second-order valence-electron chi connectivity index (χ2n) is 10.7. The lowest BCUT2D eigenvalue weighted by atomic mass is 9.95. The summed E-state index contributed by atoms with van der Waals surface area (Å²) in [5, 5.41) is 5.86. The standard InChI is InChI=1S/C30H49N3O4/c1-9-13-15-19-31-27(34)26(24-18-16-17-23(12-4)21-24)33(20-14-10-2)28(35)25(22(5)11-3)32-29(36)37-30(6,7)8/h12,16-18,21-22,25-26H,4,9-11,13-15,19-20H2,1-3,5-8H3,(H,31,34)(H,32,36). The highest BCUT2D eigenvalue weighted by Crippen LogP contribution is 2.26. The topological polar surface area (TPSA) is 87.7 Å². The van der Waals surface area contributed by atoms with E-state index < -0.39 is 23.8 Å². The van der Waals surface area contributed by atoms with Gasteiger partial charge in [0.15, 0.2) is 0 Å². The van der Waals surface area contributed by atoms with Gasteiger partial charge in [0.25, 0.3) is 0 Å². The third kappa shape index (κ3) is 11.0. The van der Waals surface area contributed by atoms with Crippen LogP contribution in [0.1, 0.15) is 104 Å². The number of amides is 3. The molecule has 1 rings (SSSR count). The van der Waals surface area contributed by atoms with Crippen LogP contribution in [-0.2, 0) is 14.3 Å². The Balaban J connectivity index is 3.47. The number of hydrogen-bond donors (Lipinski definition) is 2. The quantitative estimate of drug-likeness (QED) is 0.271. The molecule has 0 saturated carbocycles. The predicted octanol–water partition coefficient (Wildman–Crippen LogP) is 6.25. The average Bonchev–Trinajstić information content (AvgIpc) is 2.85. The van der Waals surface area contributed by atoms with Crippen molar-refractivity contribution < 1.29 is 19.1 Å². The van der Waals surface area contributed by atoms with Crippen molar-refractivity contribution in [3.05, 3.63) is 42.0 Å². The minimum Gasteiger partial charge on any atom is -0.444 e. The number of carbonyl (C=O) groups excluding carboxylic acids is 3. The number of hydrogen-bond acceptors (Lipinski definition) is 4. The van der Waals surface area contributed by atoms with E-state index in [-0.39, 0.29) is 17.7 Å². The molecule has 1 aromatic rings. The first-order chi connectivity index (χ1) is 17.5. The molecule has 7 nitrogen and oxygen atoms in total. The van der Waals surface area contributed by atoms with Gasteiger partial charge in [0.2, 0.25) is 11.8 Å². The molecule has 0 spiro atoms. The summed E-state index contributed by atoms with van der Waals surface area (Å²) in [6.07, 6.45) is 6.29. The second kappa shape index (κ2) is 16.1. The summed E-state index contributed by atoms with van der Waals surface area (Å²) in [5.74, 6) is -0.662. The largest absolute Gasteiger partial charge is 0.444 e. The van der Waals surface area contributed by atoms with E-state index in [0.717, 1.165) is 43.2 Å². The van der Waals surface area contributed by atoms with Gasteiger partial charge in [-0.05, 0) is 56.7 Å². The fourth-order valence-electron chi connectivity index (χ4n) is 4.00. The van der Waals surface area contributed by atoms with Crippen LogP contribution in [-0.4, -0.2) is 47.5 Å². The molecular formula is C30H49N3O4. The molecule has 1 aromatic carbocycles. The first kappa shape index (κ1) is 32.2. The van der Waals surface area contributed by atoms with Gasteiger partial charge in [0.1, 0.15) is 17.7 Å². The van der Waals surface area contributed by atoms with Crippen LogP contribution in [0.2, 0.25) is 0 Å². The summed E-state index contributed by atoms with van der Waals surface area (Å²) in [5.41, 5.74) is 0.894. The van der Waals surface area contributed by atoms with E-state index in [1.807, 2.05) is 45.0 Å². The minimum absolute atomic E-state index is 0.156. The fourth-order valence-corrected chi connectivity index (χ4v) is 4.00. The van der Waals surface area contributed by atoms with Gasteiger partial charge in [-0.25, -0.2) is 4.79 Å². The van der Waals surface area contributed by atoms with Crippen LogP contribution in [0.3, 0.4) is 0 Å². The summed E-state index contributed by atoms with van der Waals surface area (Å²) < 4.78 is 5.46. The zero-order valence-corrected chi connectivity index (χ0v) is 24.1. The van der Waals surface area contributed by atoms with Crippen LogP contribution in [0.4, 0.5) is 4.79 Å². The van der Waals surface area contributed by atoms with Crippen molar-refractivity contribution in [1.82, 2.24) is 15.5 Å². The van der Waals surface area contributed by atoms with Crippen molar-refractivity contribution in [2.24, 2.45) is 5.92 Å². The van der Waals surface area contributed by atoms with Gasteiger partial charge in [0, 0.05) is 13.1 Å². The highest BCUT2D eigenvalue weighted by Gasteiger charge is 2.37. The molecule has 0 radical (unpaired) electrons. The number of rotatable bonds is 15. The van der Waals surface area contributed by atoms with Crippen molar-refractivity contribution in [3.8, 4) is 0 Å². The van der Waals surface area contributed by atoms with Crippen molar-refractivity contribution in [2.75, 3.05) is 13.1 Å². The summed E-state index contributed by atoms with van der Waals surface area (Å²) in [7, 11) is 0. The molecule has 0 saturated heterocycles. The lowest BCUT2D eigenvalue weighted by Gasteiger charge is -2.36. The van der Waals surface area contributed by atoms with Crippen molar-refractivity contribution in [2.45, 2.75) is 105 Å². The van der Waals surface area contributed by atoms with Crippen molar-refractivity contribution >= 4 is 24.0 Å². The van der Waals surface area contributed by atoms with E-state index in [1.54, 1.807) is 31.7 Å². The van der Waals surface area contributed by atoms with E-state index in [4.69, 9.17) is 4.74 Å². The molecule has 7 heteroatoms. The Kier molecular flexibility index (Phi) is 14.0. The number of benzene rings is 1. The third-order valence-corrected chi connectivity index (χ3v) is 6.29.